The van der Waals surface area contributed by atoms with E-state index in [1.54, 1.807) is 0 Å². The molecule has 0 radical (unpaired) electrons. The van der Waals surface area contributed by atoms with E-state index in [-0.39, 0.29) is 6.09 Å². The molecular formula is C13H18N2O2. The third-order valence-electron chi connectivity index (χ3n) is 2.47. The molecule has 0 unspecified atom stereocenters. The number of ether oxygens (including phenoxy) is 1. The highest BCUT2D eigenvalue weighted by atomic mass is 16.6. The van der Waals surface area contributed by atoms with Gasteiger partial charge in [-0.3, -0.25) is 0 Å². The molecule has 1 aromatic rings. The summed E-state index contributed by atoms with van der Waals surface area (Å²) in [6.45, 7) is 6.33. The lowest BCUT2D eigenvalue weighted by molar-refractivity contribution is 0.0559. The zero-order valence-electron chi connectivity index (χ0n) is 10.5. The van der Waals surface area contributed by atoms with Crippen LogP contribution in [0, 0.1) is 0 Å². The van der Waals surface area contributed by atoms with Crippen molar-refractivity contribution in [3.63, 3.8) is 0 Å². The van der Waals surface area contributed by atoms with Crippen molar-refractivity contribution < 1.29 is 9.53 Å². The predicted octanol–water partition coefficient (Wildman–Crippen LogP) is 2.49. The maximum absolute atomic E-state index is 12.0. The molecular weight excluding hydrogens is 216 g/mol. The van der Waals surface area contributed by atoms with E-state index in [1.807, 2.05) is 45.0 Å². The van der Waals surface area contributed by atoms with Crippen molar-refractivity contribution in [1.29, 1.82) is 0 Å². The van der Waals surface area contributed by atoms with Crippen LogP contribution in [-0.4, -0.2) is 18.2 Å². The van der Waals surface area contributed by atoms with Crippen molar-refractivity contribution in [2.24, 2.45) is 0 Å². The smallest absolute Gasteiger partial charge is 0.429 e. The molecule has 0 saturated carbocycles. The second-order valence-electron chi connectivity index (χ2n) is 5.10. The number of benzene rings is 1. The van der Waals surface area contributed by atoms with Crippen molar-refractivity contribution in [2.75, 3.05) is 11.6 Å². The quantitative estimate of drug-likeness (QED) is 0.750. The third kappa shape index (κ3) is 2.77. The molecule has 0 bridgehead atoms. The summed E-state index contributed by atoms with van der Waals surface area (Å²) < 4.78 is 5.36. The molecule has 0 spiro atoms. The van der Waals surface area contributed by atoms with Gasteiger partial charge in [-0.25, -0.2) is 15.2 Å². The van der Waals surface area contributed by atoms with Crippen molar-refractivity contribution in [2.45, 2.75) is 32.8 Å². The zero-order valence-corrected chi connectivity index (χ0v) is 10.5. The molecule has 1 amide bonds. The van der Waals surface area contributed by atoms with Crippen LogP contribution in [0.3, 0.4) is 0 Å². The summed E-state index contributed by atoms with van der Waals surface area (Å²) in [5.41, 5.74) is 4.62. The molecule has 17 heavy (non-hydrogen) atoms. The van der Waals surface area contributed by atoms with E-state index in [1.165, 1.54) is 5.01 Å². The number of hydrazine groups is 1. The van der Waals surface area contributed by atoms with E-state index in [4.69, 9.17) is 4.74 Å². The van der Waals surface area contributed by atoms with E-state index < -0.39 is 5.60 Å². The minimum absolute atomic E-state index is 0.357. The fourth-order valence-corrected chi connectivity index (χ4v) is 1.80. The molecule has 0 fully saturated rings. The summed E-state index contributed by atoms with van der Waals surface area (Å²) in [4.78, 5) is 12.0. The molecule has 4 heteroatoms. The SMILES string of the molecule is CC(C)(C)OC(=O)N1NCCc2ccccc21. The molecule has 1 aromatic carbocycles. The number of nitrogens with zero attached hydrogens (tertiary/aromatic N) is 1. The van der Waals surface area contributed by atoms with Gasteiger partial charge in [0, 0.05) is 6.54 Å². The summed E-state index contributed by atoms with van der Waals surface area (Å²) in [6, 6.07) is 7.86. The summed E-state index contributed by atoms with van der Waals surface area (Å²) >= 11 is 0. The Hall–Kier alpha value is -1.55. The highest BCUT2D eigenvalue weighted by Crippen LogP contribution is 2.24. The Morgan fingerprint density at radius 1 is 1.35 bits per heavy atom. The first-order valence-corrected chi connectivity index (χ1v) is 5.82. The monoisotopic (exact) mass is 234 g/mol. The summed E-state index contributed by atoms with van der Waals surface area (Å²) in [6.07, 6.45) is 0.569. The first-order valence-electron chi connectivity index (χ1n) is 5.82. The van der Waals surface area contributed by atoms with Crippen LogP contribution in [0.4, 0.5) is 10.5 Å². The van der Waals surface area contributed by atoms with Gasteiger partial charge in [-0.05, 0) is 38.8 Å². The molecule has 1 N–H and O–H groups in total. The largest absolute Gasteiger partial charge is 0.442 e. The van der Waals surface area contributed by atoms with Crippen LogP contribution in [0.25, 0.3) is 0 Å². The van der Waals surface area contributed by atoms with Gasteiger partial charge in [0.05, 0.1) is 5.69 Å². The lowest BCUT2D eigenvalue weighted by Gasteiger charge is -2.31. The minimum Gasteiger partial charge on any atom is -0.442 e. The Morgan fingerprint density at radius 3 is 2.76 bits per heavy atom. The molecule has 92 valence electrons. The molecule has 1 aliphatic heterocycles. The van der Waals surface area contributed by atoms with Gasteiger partial charge in [0.15, 0.2) is 0 Å². The number of carbonyl (C=O) groups excluding carboxylic acids is 1. The van der Waals surface area contributed by atoms with Gasteiger partial charge in [-0.2, -0.15) is 0 Å². The molecule has 4 nitrogen and oxygen atoms in total. The zero-order chi connectivity index (χ0) is 12.5. The molecule has 0 atom stereocenters. The first-order chi connectivity index (χ1) is 7.97. The third-order valence-corrected chi connectivity index (χ3v) is 2.47. The maximum atomic E-state index is 12.0. The molecule has 1 aliphatic rings. The Labute approximate surface area is 102 Å². The minimum atomic E-state index is -0.481. The molecule has 1 heterocycles. The molecule has 2 rings (SSSR count). The lowest BCUT2D eigenvalue weighted by Crippen LogP contribution is -2.49. The number of nitrogens with one attached hydrogen (secondary N) is 1. The van der Waals surface area contributed by atoms with Crippen molar-refractivity contribution >= 4 is 11.8 Å². The summed E-state index contributed by atoms with van der Waals surface area (Å²) in [7, 11) is 0. The molecule has 0 saturated heterocycles. The van der Waals surface area contributed by atoms with Gasteiger partial charge in [-0.15, -0.1) is 0 Å². The van der Waals surface area contributed by atoms with Crippen LogP contribution < -0.4 is 10.4 Å². The topological polar surface area (TPSA) is 41.6 Å². The van der Waals surface area contributed by atoms with Crippen molar-refractivity contribution in [3.05, 3.63) is 29.8 Å². The number of fused-ring (bicyclic) bond motifs is 1. The van der Waals surface area contributed by atoms with Crippen LogP contribution in [0.2, 0.25) is 0 Å². The van der Waals surface area contributed by atoms with E-state index in [2.05, 4.69) is 5.43 Å². The number of hydrogen-bond donors (Lipinski definition) is 1. The van der Waals surface area contributed by atoms with E-state index in [9.17, 15) is 4.79 Å². The van der Waals surface area contributed by atoms with Crippen LogP contribution in [-0.2, 0) is 11.2 Å². The van der Waals surface area contributed by atoms with E-state index in [0.717, 1.165) is 24.2 Å². The fraction of sp³-hybridized carbons (Fsp3) is 0.462. The normalized spacial score (nSPS) is 15.4. The average Bonchev–Trinajstić information content (AvgIpc) is 2.26. The van der Waals surface area contributed by atoms with Gasteiger partial charge in [0.25, 0.3) is 0 Å². The van der Waals surface area contributed by atoms with E-state index in [0.29, 0.717) is 0 Å². The highest BCUT2D eigenvalue weighted by Gasteiger charge is 2.26. The molecule has 0 aliphatic carbocycles. The average molecular weight is 234 g/mol. The van der Waals surface area contributed by atoms with Gasteiger partial charge in [-0.1, -0.05) is 18.2 Å². The van der Waals surface area contributed by atoms with Gasteiger partial charge < -0.3 is 4.74 Å². The lowest BCUT2D eigenvalue weighted by atomic mass is 10.1. The summed E-state index contributed by atoms with van der Waals surface area (Å²) in [5.74, 6) is 0. The Morgan fingerprint density at radius 2 is 2.06 bits per heavy atom. The number of para-hydroxylation sites is 1. The maximum Gasteiger partial charge on any atom is 0.429 e. The second-order valence-corrected chi connectivity index (χ2v) is 5.10. The number of rotatable bonds is 0. The van der Waals surface area contributed by atoms with Gasteiger partial charge >= 0.3 is 6.09 Å². The van der Waals surface area contributed by atoms with Crippen LogP contribution >= 0.6 is 0 Å². The van der Waals surface area contributed by atoms with Crippen LogP contribution in [0.5, 0.6) is 0 Å². The number of amides is 1. The van der Waals surface area contributed by atoms with Gasteiger partial charge in [0.2, 0.25) is 0 Å². The number of carbonyl (C=O) groups is 1. The second kappa shape index (κ2) is 4.37. The van der Waals surface area contributed by atoms with Crippen LogP contribution in [0.1, 0.15) is 26.3 Å². The molecule has 0 aromatic heterocycles. The standard InChI is InChI=1S/C13H18N2O2/c1-13(2,3)17-12(16)15-11-7-5-4-6-10(11)8-9-14-15/h4-7,14H,8-9H2,1-3H3. The van der Waals surface area contributed by atoms with Crippen molar-refractivity contribution in [3.8, 4) is 0 Å². The van der Waals surface area contributed by atoms with Gasteiger partial charge in [0.1, 0.15) is 5.60 Å². The number of anilines is 1. The Bertz CT molecular complexity index is 424. The summed E-state index contributed by atoms with van der Waals surface area (Å²) in [5, 5.41) is 1.49. The fourth-order valence-electron chi connectivity index (χ4n) is 1.80. The Kier molecular flexibility index (Phi) is 3.07. The highest BCUT2D eigenvalue weighted by molar-refractivity contribution is 5.88. The predicted molar refractivity (Wildman–Crippen MR) is 66.9 cm³/mol. The van der Waals surface area contributed by atoms with Crippen molar-refractivity contribution in [1.82, 2.24) is 5.43 Å². The Balaban J connectivity index is 2.21. The first kappa shape index (κ1) is 11.9. The van der Waals surface area contributed by atoms with E-state index >= 15 is 0 Å². The number of hydrogen-bond acceptors (Lipinski definition) is 3. The van der Waals surface area contributed by atoms with Crippen LogP contribution in [0.15, 0.2) is 24.3 Å².